The third kappa shape index (κ3) is 2.45. The molecule has 1 saturated heterocycles. The summed E-state index contributed by atoms with van der Waals surface area (Å²) in [7, 11) is 1.73. The first-order valence-corrected chi connectivity index (χ1v) is 5.19. The van der Waals surface area contributed by atoms with E-state index in [2.05, 4.69) is 9.88 Å². The molecule has 4 heteroatoms. The number of piperidine rings is 1. The predicted octanol–water partition coefficient (Wildman–Crippen LogP) is 1.84. The molecule has 2 heterocycles. The molecule has 0 radical (unpaired) electrons. The number of halogens is 1. The van der Waals surface area contributed by atoms with Crippen molar-refractivity contribution in [3.63, 3.8) is 0 Å². The van der Waals surface area contributed by atoms with Crippen LogP contribution >= 0.6 is 0 Å². The molecule has 0 aromatic carbocycles. The van der Waals surface area contributed by atoms with Crippen molar-refractivity contribution in [1.29, 1.82) is 0 Å². The van der Waals surface area contributed by atoms with Crippen molar-refractivity contribution < 1.29 is 9.13 Å². The molecule has 0 bridgehead atoms. The van der Waals surface area contributed by atoms with E-state index in [0.717, 1.165) is 31.7 Å². The molecule has 0 spiro atoms. The lowest BCUT2D eigenvalue weighted by Crippen LogP contribution is -2.39. The quantitative estimate of drug-likeness (QED) is 0.744. The molecule has 1 aliphatic rings. The van der Waals surface area contributed by atoms with Gasteiger partial charge < -0.3 is 9.64 Å². The highest BCUT2D eigenvalue weighted by Gasteiger charge is 2.20. The minimum atomic E-state index is -0.293. The van der Waals surface area contributed by atoms with Crippen LogP contribution in [0.5, 0.6) is 0 Å². The van der Waals surface area contributed by atoms with Crippen molar-refractivity contribution in [2.24, 2.45) is 0 Å². The predicted molar refractivity (Wildman–Crippen MR) is 56.4 cm³/mol. The summed E-state index contributed by atoms with van der Waals surface area (Å²) < 4.78 is 18.0. The van der Waals surface area contributed by atoms with E-state index in [9.17, 15) is 4.39 Å². The van der Waals surface area contributed by atoms with Crippen molar-refractivity contribution in [3.05, 3.63) is 24.1 Å². The highest BCUT2D eigenvalue weighted by molar-refractivity contribution is 5.38. The number of aromatic nitrogens is 1. The number of ether oxygens (including phenoxy) is 1. The molecule has 82 valence electrons. The van der Waals surface area contributed by atoms with Crippen LogP contribution in [0.2, 0.25) is 0 Å². The summed E-state index contributed by atoms with van der Waals surface area (Å²) in [6.07, 6.45) is 3.71. The number of nitrogens with zero attached hydrogens (tertiary/aromatic N) is 2. The fourth-order valence-electron chi connectivity index (χ4n) is 1.89. The Labute approximate surface area is 88.9 Å². The van der Waals surface area contributed by atoms with Gasteiger partial charge in [-0.1, -0.05) is 0 Å². The van der Waals surface area contributed by atoms with Gasteiger partial charge in [0.05, 0.1) is 12.3 Å². The van der Waals surface area contributed by atoms with Crippen LogP contribution in [0, 0.1) is 5.82 Å². The van der Waals surface area contributed by atoms with E-state index >= 15 is 0 Å². The van der Waals surface area contributed by atoms with Gasteiger partial charge in [-0.25, -0.2) is 9.37 Å². The van der Waals surface area contributed by atoms with E-state index in [0.29, 0.717) is 0 Å². The van der Waals surface area contributed by atoms with Crippen molar-refractivity contribution >= 4 is 5.82 Å². The SMILES string of the molecule is COC1CCCN(c2ccc(F)cn2)C1. The molecule has 0 aliphatic carbocycles. The Morgan fingerprint density at radius 3 is 3.07 bits per heavy atom. The fourth-order valence-corrected chi connectivity index (χ4v) is 1.89. The molecule has 0 amide bonds. The molecular weight excluding hydrogens is 195 g/mol. The van der Waals surface area contributed by atoms with Gasteiger partial charge in [0.25, 0.3) is 0 Å². The van der Waals surface area contributed by atoms with Crippen LogP contribution in [0.15, 0.2) is 18.3 Å². The van der Waals surface area contributed by atoms with Gasteiger partial charge in [0, 0.05) is 20.2 Å². The molecule has 2 rings (SSSR count). The lowest BCUT2D eigenvalue weighted by Gasteiger charge is -2.32. The zero-order chi connectivity index (χ0) is 10.7. The molecule has 1 atom stereocenters. The maximum atomic E-state index is 12.7. The second kappa shape index (κ2) is 4.57. The van der Waals surface area contributed by atoms with Crippen molar-refractivity contribution in [3.8, 4) is 0 Å². The first-order chi connectivity index (χ1) is 7.29. The maximum Gasteiger partial charge on any atom is 0.141 e. The molecule has 1 unspecified atom stereocenters. The van der Waals surface area contributed by atoms with E-state index in [1.165, 1.54) is 12.3 Å². The summed E-state index contributed by atoms with van der Waals surface area (Å²) in [5, 5.41) is 0. The van der Waals surface area contributed by atoms with Crippen molar-refractivity contribution in [1.82, 2.24) is 4.98 Å². The van der Waals surface area contributed by atoms with Gasteiger partial charge in [-0.05, 0) is 25.0 Å². The number of hydrogen-bond acceptors (Lipinski definition) is 3. The molecule has 1 aliphatic heterocycles. The highest BCUT2D eigenvalue weighted by Crippen LogP contribution is 2.18. The van der Waals surface area contributed by atoms with E-state index < -0.39 is 0 Å². The average Bonchev–Trinajstić information content (AvgIpc) is 2.30. The van der Waals surface area contributed by atoms with E-state index in [4.69, 9.17) is 4.74 Å². The Morgan fingerprint density at radius 2 is 2.40 bits per heavy atom. The molecule has 0 N–H and O–H groups in total. The van der Waals surface area contributed by atoms with Crippen LogP contribution in [0.4, 0.5) is 10.2 Å². The van der Waals surface area contributed by atoms with Crippen molar-refractivity contribution in [2.45, 2.75) is 18.9 Å². The molecule has 15 heavy (non-hydrogen) atoms. The van der Waals surface area contributed by atoms with E-state index in [1.54, 1.807) is 13.2 Å². The summed E-state index contributed by atoms with van der Waals surface area (Å²) >= 11 is 0. The Hall–Kier alpha value is -1.16. The van der Waals surface area contributed by atoms with E-state index in [-0.39, 0.29) is 11.9 Å². The fraction of sp³-hybridized carbons (Fsp3) is 0.545. The Morgan fingerprint density at radius 1 is 1.53 bits per heavy atom. The molecule has 1 aromatic rings. The summed E-state index contributed by atoms with van der Waals surface area (Å²) in [6.45, 7) is 1.81. The lowest BCUT2D eigenvalue weighted by molar-refractivity contribution is 0.0891. The highest BCUT2D eigenvalue weighted by atomic mass is 19.1. The van der Waals surface area contributed by atoms with Gasteiger partial charge in [0.15, 0.2) is 0 Å². The van der Waals surface area contributed by atoms with Crippen molar-refractivity contribution in [2.75, 3.05) is 25.1 Å². The summed E-state index contributed by atoms with van der Waals surface area (Å²) in [5.41, 5.74) is 0. The second-order valence-electron chi connectivity index (χ2n) is 3.78. The number of hydrogen-bond donors (Lipinski definition) is 0. The van der Waals surface area contributed by atoms with Crippen LogP contribution < -0.4 is 4.90 Å². The minimum Gasteiger partial charge on any atom is -0.380 e. The summed E-state index contributed by atoms with van der Waals surface area (Å²) in [6, 6.07) is 3.16. The minimum absolute atomic E-state index is 0.269. The average molecular weight is 210 g/mol. The lowest BCUT2D eigenvalue weighted by atomic mass is 10.1. The molecule has 1 aromatic heterocycles. The van der Waals surface area contributed by atoms with Gasteiger partial charge in [0.1, 0.15) is 11.6 Å². The zero-order valence-corrected chi connectivity index (χ0v) is 8.82. The Kier molecular flexibility index (Phi) is 3.16. The monoisotopic (exact) mass is 210 g/mol. The number of pyridine rings is 1. The van der Waals surface area contributed by atoms with Gasteiger partial charge in [-0.15, -0.1) is 0 Å². The van der Waals surface area contributed by atoms with Gasteiger partial charge >= 0.3 is 0 Å². The van der Waals surface area contributed by atoms with Gasteiger partial charge in [-0.3, -0.25) is 0 Å². The van der Waals surface area contributed by atoms with Crippen LogP contribution in [0.25, 0.3) is 0 Å². The molecule has 3 nitrogen and oxygen atoms in total. The number of rotatable bonds is 2. The van der Waals surface area contributed by atoms with Gasteiger partial charge in [0.2, 0.25) is 0 Å². The first kappa shape index (κ1) is 10.4. The van der Waals surface area contributed by atoms with Crippen LogP contribution in [0.3, 0.4) is 0 Å². The summed E-state index contributed by atoms with van der Waals surface area (Å²) in [5.74, 6) is 0.539. The summed E-state index contributed by atoms with van der Waals surface area (Å²) in [4.78, 5) is 6.20. The van der Waals surface area contributed by atoms with Gasteiger partial charge in [-0.2, -0.15) is 0 Å². The zero-order valence-electron chi connectivity index (χ0n) is 8.82. The number of methoxy groups -OCH3 is 1. The normalized spacial score (nSPS) is 21.7. The van der Waals surface area contributed by atoms with E-state index in [1.807, 2.05) is 0 Å². The third-order valence-electron chi connectivity index (χ3n) is 2.75. The van der Waals surface area contributed by atoms with Crippen LogP contribution in [-0.4, -0.2) is 31.3 Å². The molecule has 0 saturated carbocycles. The topological polar surface area (TPSA) is 25.4 Å². The Bertz CT molecular complexity index is 315. The molecular formula is C11H15FN2O. The third-order valence-corrected chi connectivity index (χ3v) is 2.75. The first-order valence-electron chi connectivity index (χ1n) is 5.19. The Balaban J connectivity index is 2.06. The largest absolute Gasteiger partial charge is 0.380 e. The second-order valence-corrected chi connectivity index (χ2v) is 3.78. The maximum absolute atomic E-state index is 12.7. The molecule has 1 fully saturated rings. The smallest absolute Gasteiger partial charge is 0.141 e. The van der Waals surface area contributed by atoms with Crippen LogP contribution in [0.1, 0.15) is 12.8 Å². The van der Waals surface area contributed by atoms with Crippen LogP contribution in [-0.2, 0) is 4.74 Å². The number of anilines is 1. The standard InChI is InChI=1S/C11H15FN2O/c1-15-10-3-2-6-14(8-10)11-5-4-9(12)7-13-11/h4-5,7,10H,2-3,6,8H2,1H3.